The van der Waals surface area contributed by atoms with Crippen molar-refractivity contribution in [1.29, 1.82) is 0 Å². The third-order valence-corrected chi connectivity index (χ3v) is 4.55. The molecule has 0 N–H and O–H groups in total. The van der Waals surface area contributed by atoms with Crippen LogP contribution in [0.3, 0.4) is 0 Å². The molecule has 0 unspecified atom stereocenters. The molecule has 0 radical (unpaired) electrons. The van der Waals surface area contributed by atoms with Gasteiger partial charge in [-0.2, -0.15) is 13.2 Å². The Morgan fingerprint density at radius 2 is 1.70 bits per heavy atom. The molecule has 4 aromatic rings. The third kappa shape index (κ3) is 3.36. The highest BCUT2D eigenvalue weighted by Crippen LogP contribution is 2.39. The van der Waals surface area contributed by atoms with Gasteiger partial charge >= 0.3 is 12.3 Å². The number of carbonyl (C=O) groups excluding carboxylic acids is 1. The molecule has 0 spiro atoms. The van der Waals surface area contributed by atoms with Crippen LogP contribution in [0.2, 0.25) is 0 Å². The highest BCUT2D eigenvalue weighted by atomic mass is 19.4. The minimum atomic E-state index is -4.93. The summed E-state index contributed by atoms with van der Waals surface area (Å²) in [5, 5.41) is 1.09. The smallest absolute Gasteiger partial charge is 0.450 e. The minimum Gasteiger partial charge on any atom is -0.450 e. The Hall–Kier alpha value is -3.81. The summed E-state index contributed by atoms with van der Waals surface area (Å²) in [6, 6.07) is 15.1. The molecule has 0 saturated carbocycles. The predicted octanol–water partition coefficient (Wildman–Crippen LogP) is 5.78. The number of rotatable bonds is 2. The lowest BCUT2D eigenvalue weighted by Crippen LogP contribution is -2.16. The van der Waals surface area contributed by atoms with Crippen LogP contribution in [-0.2, 0) is 10.9 Å². The summed E-state index contributed by atoms with van der Waals surface area (Å²) in [7, 11) is 1.09. The van der Waals surface area contributed by atoms with Crippen LogP contribution in [0.25, 0.3) is 32.9 Å². The lowest BCUT2D eigenvalue weighted by molar-refractivity contribution is -0.152. The van der Waals surface area contributed by atoms with Gasteiger partial charge in [0.25, 0.3) is 0 Å². The second kappa shape index (κ2) is 7.22. The molecule has 5 nitrogen and oxygen atoms in total. The van der Waals surface area contributed by atoms with Crippen LogP contribution in [0.1, 0.15) is 5.76 Å². The summed E-state index contributed by atoms with van der Waals surface area (Å²) in [4.78, 5) is 24.4. The lowest BCUT2D eigenvalue weighted by atomic mass is 9.96. The lowest BCUT2D eigenvalue weighted by Gasteiger charge is -2.14. The highest BCUT2D eigenvalue weighted by molar-refractivity contribution is 5.98. The zero-order chi connectivity index (χ0) is 21.5. The Balaban J connectivity index is 2.04. The summed E-state index contributed by atoms with van der Waals surface area (Å²) in [6.45, 7) is 0. The fourth-order valence-corrected chi connectivity index (χ4v) is 3.26. The molecule has 0 amide bonds. The van der Waals surface area contributed by atoms with Gasteiger partial charge in [-0.3, -0.25) is 4.79 Å². The molecule has 0 aliphatic heterocycles. The maximum Gasteiger partial charge on any atom is 0.513 e. The maximum absolute atomic E-state index is 13.9. The number of carbonyl (C=O) groups is 1. The Labute approximate surface area is 167 Å². The SMILES string of the molecule is COC(=O)Oc1ccc2c(=O)c(-c3cccc4ccccc34)c(C(F)(F)F)oc2c1. The van der Waals surface area contributed by atoms with E-state index in [1.165, 1.54) is 18.2 Å². The molecule has 152 valence electrons. The third-order valence-electron chi connectivity index (χ3n) is 4.55. The average molecular weight is 414 g/mol. The van der Waals surface area contributed by atoms with Crippen molar-refractivity contribution >= 4 is 27.9 Å². The number of alkyl halides is 3. The predicted molar refractivity (Wildman–Crippen MR) is 103 cm³/mol. The first-order chi connectivity index (χ1) is 14.3. The van der Waals surface area contributed by atoms with Crippen LogP contribution in [0.15, 0.2) is 69.9 Å². The monoisotopic (exact) mass is 414 g/mol. The van der Waals surface area contributed by atoms with Gasteiger partial charge in [-0.25, -0.2) is 4.79 Å². The second-order valence-electron chi connectivity index (χ2n) is 6.37. The number of ether oxygens (including phenoxy) is 2. The number of benzene rings is 3. The maximum atomic E-state index is 13.9. The van der Waals surface area contributed by atoms with E-state index < -0.39 is 29.1 Å². The largest absolute Gasteiger partial charge is 0.513 e. The zero-order valence-corrected chi connectivity index (χ0v) is 15.4. The van der Waals surface area contributed by atoms with E-state index in [1.54, 1.807) is 36.4 Å². The van der Waals surface area contributed by atoms with Crippen molar-refractivity contribution in [3.05, 3.63) is 76.6 Å². The van der Waals surface area contributed by atoms with Crippen LogP contribution in [0.4, 0.5) is 18.0 Å². The number of methoxy groups -OCH3 is 1. The van der Waals surface area contributed by atoms with Gasteiger partial charge in [-0.15, -0.1) is 0 Å². The molecule has 4 rings (SSSR count). The van der Waals surface area contributed by atoms with Gasteiger partial charge in [0, 0.05) is 6.07 Å². The molecule has 1 heterocycles. The molecule has 30 heavy (non-hydrogen) atoms. The summed E-state index contributed by atoms with van der Waals surface area (Å²) < 4.78 is 55.9. The standard InChI is InChI=1S/C22H13F3O5/c1-28-21(27)29-13-9-10-16-17(11-13)30-20(22(23,24)25)18(19(16)26)15-8-4-6-12-5-2-3-7-14(12)15/h2-11H,1H3. The first kappa shape index (κ1) is 19.5. The summed E-state index contributed by atoms with van der Waals surface area (Å²) in [6.07, 6.45) is -5.99. The van der Waals surface area contributed by atoms with E-state index in [-0.39, 0.29) is 22.3 Å². The van der Waals surface area contributed by atoms with Crippen LogP contribution < -0.4 is 10.2 Å². The van der Waals surface area contributed by atoms with Gasteiger partial charge in [-0.1, -0.05) is 42.5 Å². The molecule has 0 saturated heterocycles. The van der Waals surface area contributed by atoms with Gasteiger partial charge in [0.05, 0.1) is 18.1 Å². The Bertz CT molecular complexity index is 1330. The van der Waals surface area contributed by atoms with E-state index >= 15 is 0 Å². The van der Waals surface area contributed by atoms with E-state index in [4.69, 9.17) is 9.15 Å². The molecule has 0 aliphatic rings. The first-order valence-electron chi connectivity index (χ1n) is 8.71. The quantitative estimate of drug-likeness (QED) is 0.307. The molecule has 0 atom stereocenters. The molecule has 0 bridgehead atoms. The van der Waals surface area contributed by atoms with Crippen LogP contribution in [-0.4, -0.2) is 13.3 Å². The van der Waals surface area contributed by atoms with Gasteiger partial charge in [-0.05, 0) is 28.5 Å². The van der Waals surface area contributed by atoms with Gasteiger partial charge in [0.1, 0.15) is 11.3 Å². The Morgan fingerprint density at radius 3 is 2.43 bits per heavy atom. The molecule has 0 fully saturated rings. The Morgan fingerprint density at radius 1 is 0.967 bits per heavy atom. The van der Waals surface area contributed by atoms with Crippen molar-refractivity contribution in [1.82, 2.24) is 0 Å². The van der Waals surface area contributed by atoms with E-state index in [9.17, 15) is 22.8 Å². The van der Waals surface area contributed by atoms with Crippen molar-refractivity contribution in [3.63, 3.8) is 0 Å². The highest BCUT2D eigenvalue weighted by Gasteiger charge is 2.39. The van der Waals surface area contributed by atoms with Crippen LogP contribution in [0.5, 0.6) is 5.75 Å². The number of hydrogen-bond acceptors (Lipinski definition) is 5. The number of halogens is 3. The second-order valence-corrected chi connectivity index (χ2v) is 6.37. The van der Waals surface area contributed by atoms with Gasteiger partial charge in [0.2, 0.25) is 11.2 Å². The van der Waals surface area contributed by atoms with Gasteiger partial charge in [0.15, 0.2) is 0 Å². The minimum absolute atomic E-state index is 0.0804. The summed E-state index contributed by atoms with van der Waals surface area (Å²) in [5.41, 5.74) is -1.67. The van der Waals surface area contributed by atoms with Crippen molar-refractivity contribution in [2.75, 3.05) is 7.11 Å². The summed E-state index contributed by atoms with van der Waals surface area (Å²) in [5.74, 6) is -1.55. The molecular formula is C22H13F3O5. The molecule has 3 aromatic carbocycles. The van der Waals surface area contributed by atoms with Crippen LogP contribution in [0, 0.1) is 0 Å². The zero-order valence-electron chi connectivity index (χ0n) is 15.4. The molecule has 8 heteroatoms. The fourth-order valence-electron chi connectivity index (χ4n) is 3.26. The first-order valence-corrected chi connectivity index (χ1v) is 8.71. The van der Waals surface area contributed by atoms with Crippen LogP contribution >= 0.6 is 0 Å². The van der Waals surface area contributed by atoms with Crippen molar-refractivity contribution in [2.45, 2.75) is 6.18 Å². The van der Waals surface area contributed by atoms with E-state index in [0.717, 1.165) is 13.2 Å². The molecular weight excluding hydrogens is 401 g/mol. The van der Waals surface area contributed by atoms with E-state index in [1.807, 2.05) is 0 Å². The van der Waals surface area contributed by atoms with Gasteiger partial charge < -0.3 is 13.9 Å². The van der Waals surface area contributed by atoms with E-state index in [2.05, 4.69) is 4.74 Å². The Kier molecular flexibility index (Phi) is 4.69. The molecule has 0 aliphatic carbocycles. The summed E-state index contributed by atoms with van der Waals surface area (Å²) >= 11 is 0. The fraction of sp³-hybridized carbons (Fsp3) is 0.0909. The number of hydrogen-bond donors (Lipinski definition) is 0. The topological polar surface area (TPSA) is 65.7 Å². The van der Waals surface area contributed by atoms with E-state index in [0.29, 0.717) is 10.8 Å². The molecule has 1 aromatic heterocycles. The van der Waals surface area contributed by atoms with Crippen molar-refractivity contribution < 1.29 is 31.9 Å². The normalized spacial score (nSPS) is 11.6. The van der Waals surface area contributed by atoms with Crippen molar-refractivity contribution in [2.24, 2.45) is 0 Å². The van der Waals surface area contributed by atoms with Crippen molar-refractivity contribution in [3.8, 4) is 16.9 Å². The average Bonchev–Trinajstić information content (AvgIpc) is 2.72. The number of fused-ring (bicyclic) bond motifs is 2.